The monoisotopic (exact) mass is 228 g/mol. The Balaban J connectivity index is 2.25. The fourth-order valence-corrected chi connectivity index (χ4v) is 1.46. The predicted molar refractivity (Wildman–Crippen MR) is 49.9 cm³/mol. The number of ketones is 1. The van der Waals surface area contributed by atoms with Crippen LogP contribution >= 0.6 is 0 Å². The number of rotatable bonds is 1. The maximum atomic E-state index is 12.2. The van der Waals surface area contributed by atoms with Gasteiger partial charge in [-0.15, -0.1) is 0 Å². The average Bonchev–Trinajstić information content (AvgIpc) is 2.26. The van der Waals surface area contributed by atoms with E-state index in [1.165, 1.54) is 0 Å². The molecule has 1 aliphatic rings. The van der Waals surface area contributed by atoms with E-state index in [0.717, 1.165) is 6.26 Å². The van der Waals surface area contributed by atoms with E-state index in [1.807, 2.05) is 0 Å². The summed E-state index contributed by atoms with van der Waals surface area (Å²) in [6.07, 6.45) is -4.02. The summed E-state index contributed by atoms with van der Waals surface area (Å²) < 4.78 is 41.5. The van der Waals surface area contributed by atoms with Crippen molar-refractivity contribution >= 4 is 5.78 Å². The summed E-state index contributed by atoms with van der Waals surface area (Å²) in [4.78, 5) is 11.0. The lowest BCUT2D eigenvalue weighted by Gasteiger charge is -2.16. The van der Waals surface area contributed by atoms with Crippen molar-refractivity contribution in [3.8, 4) is 5.75 Å². The van der Waals surface area contributed by atoms with Crippen LogP contribution in [-0.4, -0.2) is 12.0 Å². The first-order valence-electron chi connectivity index (χ1n) is 4.53. The van der Waals surface area contributed by atoms with Crippen molar-refractivity contribution in [2.24, 2.45) is 0 Å². The maximum absolute atomic E-state index is 12.2. The van der Waals surface area contributed by atoms with Crippen molar-refractivity contribution in [1.29, 1.82) is 0 Å². The van der Waals surface area contributed by atoms with Gasteiger partial charge in [0.2, 0.25) is 0 Å². The first-order chi connectivity index (χ1) is 7.48. The molecule has 1 aromatic carbocycles. The topological polar surface area (TPSA) is 26.3 Å². The third kappa shape index (κ3) is 1.93. The molecule has 0 bridgehead atoms. The highest BCUT2D eigenvalue weighted by Crippen LogP contribution is 2.30. The Bertz CT molecular complexity index is 461. The van der Waals surface area contributed by atoms with Gasteiger partial charge in [-0.25, -0.2) is 0 Å². The van der Waals surface area contributed by atoms with Gasteiger partial charge in [-0.05, 0) is 11.6 Å². The maximum Gasteiger partial charge on any atom is 0.454 e. The first-order valence-corrected chi connectivity index (χ1v) is 4.53. The SMILES string of the molecule is O=C(C1=COc2ccccc2C1)C(F)(F)F. The predicted octanol–water partition coefficient (Wildman–Crippen LogP) is 2.64. The second-order valence-corrected chi connectivity index (χ2v) is 3.37. The molecular formula is C11H7F3O2. The van der Waals surface area contributed by atoms with E-state index in [1.54, 1.807) is 24.3 Å². The van der Waals surface area contributed by atoms with E-state index in [0.29, 0.717) is 11.3 Å². The van der Waals surface area contributed by atoms with Gasteiger partial charge in [-0.2, -0.15) is 13.2 Å². The van der Waals surface area contributed by atoms with Gasteiger partial charge in [-0.3, -0.25) is 4.79 Å². The van der Waals surface area contributed by atoms with E-state index >= 15 is 0 Å². The molecule has 0 radical (unpaired) electrons. The number of carbonyl (C=O) groups excluding carboxylic acids is 1. The minimum Gasteiger partial charge on any atom is -0.464 e. The van der Waals surface area contributed by atoms with Gasteiger partial charge in [0.05, 0.1) is 6.26 Å². The molecule has 0 saturated heterocycles. The minimum atomic E-state index is -4.85. The van der Waals surface area contributed by atoms with Crippen molar-refractivity contribution in [3.05, 3.63) is 41.7 Å². The molecule has 0 saturated carbocycles. The number of para-hydroxylation sites is 1. The molecule has 0 unspecified atom stereocenters. The number of halogens is 3. The number of ether oxygens (including phenoxy) is 1. The number of allylic oxidation sites excluding steroid dienone is 1. The Kier molecular flexibility index (Phi) is 2.46. The van der Waals surface area contributed by atoms with Gasteiger partial charge in [0.25, 0.3) is 5.78 Å². The zero-order chi connectivity index (χ0) is 11.8. The zero-order valence-corrected chi connectivity index (χ0v) is 8.04. The molecule has 0 aromatic heterocycles. The Morgan fingerprint density at radius 3 is 2.62 bits per heavy atom. The standard InChI is InChI=1S/C11H7F3O2/c12-11(13,14)10(15)8-5-7-3-1-2-4-9(7)16-6-8/h1-4,6H,5H2. The molecule has 0 fully saturated rings. The molecule has 1 aliphatic heterocycles. The fraction of sp³-hybridized carbons (Fsp3) is 0.182. The first kappa shape index (κ1) is 10.7. The lowest BCUT2D eigenvalue weighted by atomic mass is 10.00. The van der Waals surface area contributed by atoms with Crippen molar-refractivity contribution < 1.29 is 22.7 Å². The molecule has 2 nitrogen and oxygen atoms in total. The van der Waals surface area contributed by atoms with Gasteiger partial charge >= 0.3 is 6.18 Å². The summed E-state index contributed by atoms with van der Waals surface area (Å²) in [7, 11) is 0. The number of hydrogen-bond donors (Lipinski definition) is 0. The lowest BCUT2D eigenvalue weighted by molar-refractivity contribution is -0.166. The third-order valence-electron chi connectivity index (χ3n) is 2.23. The number of fused-ring (bicyclic) bond motifs is 1. The van der Waals surface area contributed by atoms with E-state index in [-0.39, 0.29) is 12.0 Å². The van der Waals surface area contributed by atoms with E-state index in [4.69, 9.17) is 4.74 Å². The quantitative estimate of drug-likeness (QED) is 0.738. The van der Waals surface area contributed by atoms with Crippen LogP contribution in [0.2, 0.25) is 0 Å². The molecule has 0 aliphatic carbocycles. The van der Waals surface area contributed by atoms with Crippen LogP contribution < -0.4 is 4.74 Å². The minimum absolute atomic E-state index is 0.0471. The van der Waals surface area contributed by atoms with Crippen LogP contribution in [0.1, 0.15) is 5.56 Å². The summed E-state index contributed by atoms with van der Waals surface area (Å²) in [5.41, 5.74) is 0.212. The highest BCUT2D eigenvalue weighted by Gasteiger charge is 2.41. The molecule has 1 aromatic rings. The Hall–Kier alpha value is -1.78. The van der Waals surface area contributed by atoms with Crippen LogP contribution in [-0.2, 0) is 11.2 Å². The molecule has 1 heterocycles. The normalized spacial score (nSPS) is 14.8. The Labute approximate surface area is 89.3 Å². The molecule has 0 spiro atoms. The summed E-state index contributed by atoms with van der Waals surface area (Å²) in [6, 6.07) is 6.67. The molecule has 16 heavy (non-hydrogen) atoms. The molecule has 0 N–H and O–H groups in total. The number of hydrogen-bond acceptors (Lipinski definition) is 2. The summed E-state index contributed by atoms with van der Waals surface area (Å²) in [5.74, 6) is -1.36. The molecular weight excluding hydrogens is 221 g/mol. The Morgan fingerprint density at radius 2 is 1.94 bits per heavy atom. The molecule has 84 valence electrons. The molecule has 2 rings (SSSR count). The van der Waals surface area contributed by atoms with Gasteiger partial charge < -0.3 is 4.74 Å². The van der Waals surface area contributed by atoms with Crippen molar-refractivity contribution in [2.45, 2.75) is 12.6 Å². The fourth-order valence-electron chi connectivity index (χ4n) is 1.46. The third-order valence-corrected chi connectivity index (χ3v) is 2.23. The van der Waals surface area contributed by atoms with E-state index in [2.05, 4.69) is 0 Å². The smallest absolute Gasteiger partial charge is 0.454 e. The van der Waals surface area contributed by atoms with Crippen LogP contribution in [0.3, 0.4) is 0 Å². The number of benzene rings is 1. The van der Waals surface area contributed by atoms with Crippen LogP contribution in [0, 0.1) is 0 Å². The summed E-state index contributed by atoms with van der Waals surface area (Å²) in [6.45, 7) is 0. The zero-order valence-electron chi connectivity index (χ0n) is 8.04. The van der Waals surface area contributed by atoms with E-state index < -0.39 is 12.0 Å². The van der Waals surface area contributed by atoms with Crippen molar-refractivity contribution in [2.75, 3.05) is 0 Å². The van der Waals surface area contributed by atoms with Crippen LogP contribution in [0.15, 0.2) is 36.1 Å². The second-order valence-electron chi connectivity index (χ2n) is 3.37. The van der Waals surface area contributed by atoms with Crippen molar-refractivity contribution in [3.63, 3.8) is 0 Å². The summed E-state index contributed by atoms with van der Waals surface area (Å²) in [5, 5.41) is 0. The highest BCUT2D eigenvalue weighted by molar-refractivity contribution is 6.00. The van der Waals surface area contributed by atoms with Gasteiger partial charge in [0, 0.05) is 12.0 Å². The van der Waals surface area contributed by atoms with Gasteiger partial charge in [0.15, 0.2) is 0 Å². The van der Waals surface area contributed by atoms with E-state index in [9.17, 15) is 18.0 Å². The van der Waals surface area contributed by atoms with Crippen LogP contribution in [0.4, 0.5) is 13.2 Å². The average molecular weight is 228 g/mol. The molecule has 5 heteroatoms. The van der Waals surface area contributed by atoms with Gasteiger partial charge in [-0.1, -0.05) is 18.2 Å². The summed E-state index contributed by atoms with van der Waals surface area (Å²) >= 11 is 0. The second kappa shape index (κ2) is 3.66. The number of Topliss-reactive ketones (excluding diaryl/α,β-unsaturated/α-hetero) is 1. The largest absolute Gasteiger partial charge is 0.464 e. The van der Waals surface area contributed by atoms with Crippen LogP contribution in [0.25, 0.3) is 0 Å². The van der Waals surface area contributed by atoms with Crippen LogP contribution in [0.5, 0.6) is 5.75 Å². The number of alkyl halides is 3. The van der Waals surface area contributed by atoms with Gasteiger partial charge in [0.1, 0.15) is 5.75 Å². The lowest BCUT2D eigenvalue weighted by Crippen LogP contribution is -2.27. The molecule has 0 amide bonds. The number of carbonyl (C=O) groups is 1. The molecule has 0 atom stereocenters. The van der Waals surface area contributed by atoms with Crippen molar-refractivity contribution in [1.82, 2.24) is 0 Å². The highest BCUT2D eigenvalue weighted by atomic mass is 19.4. The Morgan fingerprint density at radius 1 is 1.25 bits per heavy atom.